The number of carboxylic acids is 1. The van der Waals surface area contributed by atoms with Crippen molar-refractivity contribution in [2.24, 2.45) is 5.92 Å². The number of thiazole rings is 1. The lowest BCUT2D eigenvalue weighted by molar-refractivity contribution is -0.141. The van der Waals surface area contributed by atoms with Gasteiger partial charge in [-0.15, -0.1) is 11.3 Å². The zero-order valence-electron chi connectivity index (χ0n) is 13.5. The standard InChI is InChI=1S/C18H20N2O3S/c1-2-16-19-13(11-24-16)8-17(21)20-9-14(15(10-20)18(22)23)12-6-4-3-5-7-12/h3-7,11,14-15H,2,8-10H2,1H3,(H,22,23)/t14-,15-/m0/s1. The molecule has 0 bridgehead atoms. The molecule has 0 spiro atoms. The van der Waals surface area contributed by atoms with Crippen LogP contribution < -0.4 is 0 Å². The SMILES string of the molecule is CCc1nc(CC(=O)N2C[C@H](C(=O)O)[C@H](c3ccccc3)C2)cs1. The molecule has 1 aliphatic rings. The predicted molar refractivity (Wildman–Crippen MR) is 92.1 cm³/mol. The van der Waals surface area contributed by atoms with E-state index >= 15 is 0 Å². The molecular weight excluding hydrogens is 324 g/mol. The zero-order chi connectivity index (χ0) is 17.1. The lowest BCUT2D eigenvalue weighted by atomic mass is 9.89. The molecule has 2 heterocycles. The molecule has 1 N–H and O–H groups in total. The van der Waals surface area contributed by atoms with Gasteiger partial charge in [-0.25, -0.2) is 4.98 Å². The van der Waals surface area contributed by atoms with E-state index in [1.165, 1.54) is 0 Å². The summed E-state index contributed by atoms with van der Waals surface area (Å²) >= 11 is 1.56. The number of carbonyl (C=O) groups is 2. The first-order valence-corrected chi connectivity index (χ1v) is 8.95. The second-order valence-corrected chi connectivity index (χ2v) is 6.97. The third kappa shape index (κ3) is 3.48. The molecule has 0 unspecified atom stereocenters. The molecule has 2 aromatic rings. The van der Waals surface area contributed by atoms with Crippen molar-refractivity contribution in [3.05, 3.63) is 52.0 Å². The van der Waals surface area contributed by atoms with E-state index in [1.807, 2.05) is 42.6 Å². The quantitative estimate of drug-likeness (QED) is 0.905. The fourth-order valence-corrected chi connectivity index (χ4v) is 3.90. The van der Waals surface area contributed by atoms with Gasteiger partial charge in [0.05, 0.1) is 23.0 Å². The third-order valence-electron chi connectivity index (χ3n) is 4.45. The molecule has 0 radical (unpaired) electrons. The van der Waals surface area contributed by atoms with Crippen molar-refractivity contribution in [3.8, 4) is 0 Å². The lowest BCUT2D eigenvalue weighted by Gasteiger charge is -2.16. The van der Waals surface area contributed by atoms with Crippen LogP contribution in [0.5, 0.6) is 0 Å². The molecule has 3 rings (SSSR count). The van der Waals surface area contributed by atoms with E-state index in [1.54, 1.807) is 16.2 Å². The van der Waals surface area contributed by atoms with Crippen molar-refractivity contribution in [1.82, 2.24) is 9.88 Å². The summed E-state index contributed by atoms with van der Waals surface area (Å²) < 4.78 is 0. The number of hydrogen-bond acceptors (Lipinski definition) is 4. The number of carbonyl (C=O) groups excluding carboxylic acids is 1. The molecule has 0 saturated carbocycles. The summed E-state index contributed by atoms with van der Waals surface area (Å²) in [7, 11) is 0. The highest BCUT2D eigenvalue weighted by Gasteiger charge is 2.40. The van der Waals surface area contributed by atoms with Crippen molar-refractivity contribution in [3.63, 3.8) is 0 Å². The van der Waals surface area contributed by atoms with Crippen LogP contribution in [-0.2, 0) is 22.4 Å². The number of aromatic nitrogens is 1. The Bertz CT molecular complexity index is 729. The molecule has 1 fully saturated rings. The van der Waals surface area contributed by atoms with Crippen LogP contribution in [0.2, 0.25) is 0 Å². The highest BCUT2D eigenvalue weighted by molar-refractivity contribution is 7.09. The summed E-state index contributed by atoms with van der Waals surface area (Å²) in [5.41, 5.74) is 1.75. The number of amides is 1. The first-order chi connectivity index (χ1) is 11.6. The van der Waals surface area contributed by atoms with Crippen LogP contribution in [0.4, 0.5) is 0 Å². The van der Waals surface area contributed by atoms with Gasteiger partial charge >= 0.3 is 5.97 Å². The second kappa shape index (κ2) is 7.13. The van der Waals surface area contributed by atoms with Gasteiger partial charge in [-0.1, -0.05) is 37.3 Å². The summed E-state index contributed by atoms with van der Waals surface area (Å²) in [6.07, 6.45) is 1.10. The predicted octanol–water partition coefficient (Wildman–Crippen LogP) is 2.57. The largest absolute Gasteiger partial charge is 0.481 e. The molecule has 1 saturated heterocycles. The number of aliphatic carboxylic acids is 1. The average Bonchev–Trinajstić information content (AvgIpc) is 3.22. The summed E-state index contributed by atoms with van der Waals surface area (Å²) in [4.78, 5) is 30.3. The normalized spacial score (nSPS) is 20.3. The summed E-state index contributed by atoms with van der Waals surface area (Å²) in [6.45, 7) is 2.75. The van der Waals surface area contributed by atoms with E-state index in [-0.39, 0.29) is 24.8 Å². The molecule has 1 amide bonds. The molecule has 0 aliphatic carbocycles. The maximum absolute atomic E-state index is 12.6. The van der Waals surface area contributed by atoms with E-state index in [0.29, 0.717) is 6.54 Å². The molecule has 1 aliphatic heterocycles. The Morgan fingerprint density at radius 1 is 1.29 bits per heavy atom. The van der Waals surface area contributed by atoms with Crippen molar-refractivity contribution in [2.75, 3.05) is 13.1 Å². The minimum atomic E-state index is -0.846. The van der Waals surface area contributed by atoms with Gasteiger partial charge in [0, 0.05) is 24.4 Å². The molecule has 1 aromatic carbocycles. The molecule has 24 heavy (non-hydrogen) atoms. The molecule has 5 nitrogen and oxygen atoms in total. The number of rotatable bonds is 5. The van der Waals surface area contributed by atoms with Gasteiger partial charge in [-0.3, -0.25) is 9.59 Å². The van der Waals surface area contributed by atoms with Crippen LogP contribution in [0, 0.1) is 5.92 Å². The smallest absolute Gasteiger partial charge is 0.308 e. The average molecular weight is 344 g/mol. The van der Waals surface area contributed by atoms with E-state index < -0.39 is 11.9 Å². The Hall–Kier alpha value is -2.21. The molecule has 1 aromatic heterocycles. The minimum Gasteiger partial charge on any atom is -0.481 e. The summed E-state index contributed by atoms with van der Waals surface area (Å²) in [5, 5.41) is 12.5. The van der Waals surface area contributed by atoms with Gasteiger partial charge in [0.15, 0.2) is 0 Å². The van der Waals surface area contributed by atoms with Gasteiger partial charge in [0.2, 0.25) is 5.91 Å². The number of likely N-dealkylation sites (tertiary alicyclic amines) is 1. The highest BCUT2D eigenvalue weighted by Crippen LogP contribution is 2.33. The molecule has 126 valence electrons. The van der Waals surface area contributed by atoms with Gasteiger partial charge < -0.3 is 10.0 Å². The second-order valence-electron chi connectivity index (χ2n) is 6.02. The van der Waals surface area contributed by atoms with Crippen molar-refractivity contribution < 1.29 is 14.7 Å². The van der Waals surface area contributed by atoms with E-state index in [0.717, 1.165) is 22.7 Å². The molecule has 2 atom stereocenters. The van der Waals surface area contributed by atoms with Crippen molar-refractivity contribution in [1.29, 1.82) is 0 Å². The van der Waals surface area contributed by atoms with Crippen molar-refractivity contribution in [2.45, 2.75) is 25.7 Å². The van der Waals surface area contributed by atoms with E-state index in [4.69, 9.17) is 0 Å². The van der Waals surface area contributed by atoms with Gasteiger partial charge in [-0.2, -0.15) is 0 Å². The van der Waals surface area contributed by atoms with Gasteiger partial charge in [0.1, 0.15) is 0 Å². The monoisotopic (exact) mass is 344 g/mol. The van der Waals surface area contributed by atoms with Gasteiger partial charge in [0.25, 0.3) is 0 Å². The fraction of sp³-hybridized carbons (Fsp3) is 0.389. The van der Waals surface area contributed by atoms with Crippen molar-refractivity contribution >= 4 is 23.2 Å². The first kappa shape index (κ1) is 16.6. The maximum Gasteiger partial charge on any atom is 0.308 e. The maximum atomic E-state index is 12.6. The van der Waals surface area contributed by atoms with Crippen LogP contribution in [0.25, 0.3) is 0 Å². The van der Waals surface area contributed by atoms with Crippen LogP contribution >= 0.6 is 11.3 Å². The Balaban J connectivity index is 1.72. The van der Waals surface area contributed by atoms with Gasteiger partial charge in [-0.05, 0) is 12.0 Å². The third-order valence-corrected chi connectivity index (χ3v) is 5.49. The molecular formula is C18H20N2O3S. The zero-order valence-corrected chi connectivity index (χ0v) is 14.3. The van der Waals surface area contributed by atoms with Crippen LogP contribution in [-0.4, -0.2) is 40.0 Å². The minimum absolute atomic E-state index is 0.0485. The number of benzene rings is 1. The van der Waals surface area contributed by atoms with Crippen LogP contribution in [0.15, 0.2) is 35.7 Å². The Morgan fingerprint density at radius 2 is 2.04 bits per heavy atom. The Morgan fingerprint density at radius 3 is 2.67 bits per heavy atom. The summed E-state index contributed by atoms with van der Waals surface area (Å²) in [6, 6.07) is 9.58. The molecule has 6 heteroatoms. The number of aryl methyl sites for hydroxylation is 1. The topological polar surface area (TPSA) is 70.5 Å². The van der Waals surface area contributed by atoms with Crippen LogP contribution in [0.3, 0.4) is 0 Å². The Kier molecular flexibility index (Phi) is 4.94. The number of hydrogen-bond donors (Lipinski definition) is 1. The van der Waals surface area contributed by atoms with E-state index in [9.17, 15) is 14.7 Å². The van der Waals surface area contributed by atoms with E-state index in [2.05, 4.69) is 4.98 Å². The first-order valence-electron chi connectivity index (χ1n) is 8.07. The lowest BCUT2D eigenvalue weighted by Crippen LogP contribution is -2.31. The fourth-order valence-electron chi connectivity index (χ4n) is 3.15. The number of carboxylic acid groups (broad SMARTS) is 1. The summed E-state index contributed by atoms with van der Waals surface area (Å²) in [5.74, 6) is -1.61. The Labute approximate surface area is 145 Å². The number of nitrogens with zero attached hydrogens (tertiary/aromatic N) is 2. The van der Waals surface area contributed by atoms with Crippen LogP contribution in [0.1, 0.15) is 29.1 Å². The highest BCUT2D eigenvalue weighted by atomic mass is 32.1.